The molecule has 8 heteroatoms. The summed E-state index contributed by atoms with van der Waals surface area (Å²) in [6.07, 6.45) is 2.64. The maximum atomic E-state index is 14.0. The highest BCUT2D eigenvalue weighted by Gasteiger charge is 2.18. The highest BCUT2D eigenvalue weighted by Crippen LogP contribution is 2.16. The molecule has 148 valence electrons. The van der Waals surface area contributed by atoms with Crippen LogP contribution in [-0.4, -0.2) is 32.0 Å². The van der Waals surface area contributed by atoms with E-state index in [9.17, 15) is 17.6 Å². The van der Waals surface area contributed by atoms with E-state index in [-0.39, 0.29) is 17.0 Å². The Morgan fingerprint density at radius 3 is 2.71 bits per heavy atom. The zero-order valence-corrected chi connectivity index (χ0v) is 16.3. The van der Waals surface area contributed by atoms with Gasteiger partial charge in [0.2, 0.25) is 10.0 Å². The molecular weight excluding hydrogens is 381 g/mol. The van der Waals surface area contributed by atoms with Crippen LogP contribution in [0, 0.1) is 5.82 Å². The number of carbonyl (C=O) groups is 1. The fraction of sp³-hybridized carbons (Fsp3) is 0.250. The molecule has 6 nitrogen and oxygen atoms in total. The molecule has 0 unspecified atom stereocenters. The van der Waals surface area contributed by atoms with Crippen LogP contribution in [0.2, 0.25) is 0 Å². The van der Waals surface area contributed by atoms with E-state index in [2.05, 4.69) is 14.6 Å². The van der Waals surface area contributed by atoms with Gasteiger partial charge in [-0.2, -0.15) is 0 Å². The average Bonchev–Trinajstić information content (AvgIpc) is 3.08. The van der Waals surface area contributed by atoms with E-state index in [0.29, 0.717) is 19.5 Å². The number of rotatable bonds is 8. The Balaban J connectivity index is 1.62. The molecule has 0 saturated carbocycles. The normalized spacial score (nSPS) is 11.6. The van der Waals surface area contributed by atoms with Crippen molar-refractivity contribution in [2.45, 2.75) is 24.8 Å². The predicted octanol–water partition coefficient (Wildman–Crippen LogP) is 2.90. The number of nitrogens with one attached hydrogen (secondary N) is 2. The molecule has 0 aliphatic rings. The highest BCUT2D eigenvalue weighted by molar-refractivity contribution is 7.89. The van der Waals surface area contributed by atoms with E-state index < -0.39 is 21.7 Å². The maximum absolute atomic E-state index is 14.0. The minimum absolute atomic E-state index is 0.139. The average molecular weight is 403 g/mol. The third kappa shape index (κ3) is 4.40. The molecule has 0 spiro atoms. The molecule has 3 rings (SSSR count). The number of fused-ring (bicyclic) bond motifs is 1. The SMILES string of the molecule is CCNS(=O)(=O)c1ccc(F)c(C(=O)NCCCn2ccc3ccccc32)c1. The third-order valence-electron chi connectivity index (χ3n) is 4.37. The van der Waals surface area contributed by atoms with Crippen LogP contribution >= 0.6 is 0 Å². The summed E-state index contributed by atoms with van der Waals surface area (Å²) in [6, 6.07) is 13.2. The van der Waals surface area contributed by atoms with Crippen LogP contribution in [0.25, 0.3) is 10.9 Å². The number of sulfonamides is 1. The van der Waals surface area contributed by atoms with Crippen LogP contribution in [0.5, 0.6) is 0 Å². The number of halogens is 1. The van der Waals surface area contributed by atoms with E-state index in [0.717, 1.165) is 29.1 Å². The number of hydrogen-bond acceptors (Lipinski definition) is 3. The summed E-state index contributed by atoms with van der Waals surface area (Å²) in [6.45, 7) is 2.89. The molecule has 28 heavy (non-hydrogen) atoms. The van der Waals surface area contributed by atoms with E-state index in [1.165, 1.54) is 0 Å². The summed E-state index contributed by atoms with van der Waals surface area (Å²) in [7, 11) is -3.76. The number of aryl methyl sites for hydroxylation is 1. The zero-order valence-electron chi connectivity index (χ0n) is 15.5. The summed E-state index contributed by atoms with van der Waals surface area (Å²) in [4.78, 5) is 12.2. The first-order valence-electron chi connectivity index (χ1n) is 9.03. The van der Waals surface area contributed by atoms with Crippen molar-refractivity contribution in [3.63, 3.8) is 0 Å². The molecule has 0 aliphatic carbocycles. The number of aromatic nitrogens is 1. The molecule has 2 aromatic carbocycles. The smallest absolute Gasteiger partial charge is 0.254 e. The quantitative estimate of drug-likeness (QED) is 0.568. The van der Waals surface area contributed by atoms with Gasteiger partial charge in [0, 0.05) is 31.3 Å². The van der Waals surface area contributed by atoms with Crippen molar-refractivity contribution in [3.8, 4) is 0 Å². The second-order valence-electron chi connectivity index (χ2n) is 6.32. The van der Waals surface area contributed by atoms with E-state index in [4.69, 9.17) is 0 Å². The molecule has 0 atom stereocenters. The minimum Gasteiger partial charge on any atom is -0.352 e. The van der Waals surface area contributed by atoms with Gasteiger partial charge in [-0.3, -0.25) is 4.79 Å². The van der Waals surface area contributed by atoms with Crippen LogP contribution in [0.15, 0.2) is 59.6 Å². The number of para-hydroxylation sites is 1. The molecule has 0 aliphatic heterocycles. The van der Waals surface area contributed by atoms with Gasteiger partial charge in [0.1, 0.15) is 5.82 Å². The second-order valence-corrected chi connectivity index (χ2v) is 8.09. The van der Waals surface area contributed by atoms with Gasteiger partial charge in [-0.25, -0.2) is 17.5 Å². The largest absolute Gasteiger partial charge is 0.352 e. The molecule has 2 N–H and O–H groups in total. The number of hydrogen-bond donors (Lipinski definition) is 2. The predicted molar refractivity (Wildman–Crippen MR) is 106 cm³/mol. The topological polar surface area (TPSA) is 80.2 Å². The van der Waals surface area contributed by atoms with E-state index in [1.807, 2.05) is 36.5 Å². The summed E-state index contributed by atoms with van der Waals surface area (Å²) in [5.41, 5.74) is 0.826. The standard InChI is InChI=1S/C20H22FN3O3S/c1-2-23-28(26,27)16-8-9-18(21)17(14-16)20(25)22-11-5-12-24-13-10-15-6-3-4-7-19(15)24/h3-4,6-10,13-14,23H,2,5,11-12H2,1H3,(H,22,25). The van der Waals surface area contributed by atoms with Crippen LogP contribution in [0.1, 0.15) is 23.7 Å². The Labute approximate surface area is 163 Å². The van der Waals surface area contributed by atoms with Crippen LogP contribution in [0.3, 0.4) is 0 Å². The molecule has 0 bridgehead atoms. The van der Waals surface area contributed by atoms with Crippen molar-refractivity contribution in [2.75, 3.05) is 13.1 Å². The van der Waals surface area contributed by atoms with Gasteiger partial charge in [-0.05, 0) is 42.1 Å². The summed E-state index contributed by atoms with van der Waals surface area (Å²) in [5.74, 6) is -1.40. The molecule has 1 heterocycles. The third-order valence-corrected chi connectivity index (χ3v) is 5.91. The van der Waals surface area contributed by atoms with Crippen molar-refractivity contribution in [1.29, 1.82) is 0 Å². The van der Waals surface area contributed by atoms with E-state index >= 15 is 0 Å². The van der Waals surface area contributed by atoms with Crippen LogP contribution in [0.4, 0.5) is 4.39 Å². The molecule has 0 saturated heterocycles. The van der Waals surface area contributed by atoms with Gasteiger partial charge in [0.25, 0.3) is 5.91 Å². The van der Waals surface area contributed by atoms with Crippen molar-refractivity contribution in [3.05, 3.63) is 66.1 Å². The lowest BCUT2D eigenvalue weighted by Crippen LogP contribution is -2.27. The number of nitrogens with zero attached hydrogens (tertiary/aromatic N) is 1. The van der Waals surface area contributed by atoms with Gasteiger partial charge in [0.15, 0.2) is 0 Å². The van der Waals surface area contributed by atoms with E-state index in [1.54, 1.807) is 6.92 Å². The molecular formula is C20H22FN3O3S. The fourth-order valence-corrected chi connectivity index (χ4v) is 4.07. The molecule has 1 aromatic heterocycles. The Morgan fingerprint density at radius 2 is 1.93 bits per heavy atom. The highest BCUT2D eigenvalue weighted by atomic mass is 32.2. The monoisotopic (exact) mass is 403 g/mol. The Hall–Kier alpha value is -2.71. The number of amides is 1. The summed E-state index contributed by atoms with van der Waals surface area (Å²) < 4.78 is 42.5. The van der Waals surface area contributed by atoms with Crippen LogP contribution in [-0.2, 0) is 16.6 Å². The van der Waals surface area contributed by atoms with Crippen molar-refractivity contribution < 1.29 is 17.6 Å². The van der Waals surface area contributed by atoms with Gasteiger partial charge in [-0.15, -0.1) is 0 Å². The molecule has 1 amide bonds. The summed E-state index contributed by atoms with van der Waals surface area (Å²) >= 11 is 0. The molecule has 0 fully saturated rings. The Morgan fingerprint density at radius 1 is 1.14 bits per heavy atom. The zero-order chi connectivity index (χ0) is 20.1. The molecule has 3 aromatic rings. The van der Waals surface area contributed by atoms with Crippen LogP contribution < -0.4 is 10.0 Å². The lowest BCUT2D eigenvalue weighted by atomic mass is 10.2. The van der Waals surface area contributed by atoms with Gasteiger partial charge in [0.05, 0.1) is 10.5 Å². The minimum atomic E-state index is -3.76. The Bertz CT molecular complexity index is 1090. The first-order chi connectivity index (χ1) is 13.4. The van der Waals surface area contributed by atoms with Crippen molar-refractivity contribution in [2.24, 2.45) is 0 Å². The van der Waals surface area contributed by atoms with Crippen molar-refractivity contribution >= 4 is 26.8 Å². The number of carbonyl (C=O) groups excluding carboxylic acids is 1. The number of benzene rings is 2. The van der Waals surface area contributed by atoms with Gasteiger partial charge in [-0.1, -0.05) is 25.1 Å². The first-order valence-corrected chi connectivity index (χ1v) is 10.5. The maximum Gasteiger partial charge on any atom is 0.254 e. The second kappa shape index (κ2) is 8.53. The van der Waals surface area contributed by atoms with Crippen molar-refractivity contribution in [1.82, 2.24) is 14.6 Å². The van der Waals surface area contributed by atoms with Gasteiger partial charge < -0.3 is 9.88 Å². The molecule has 0 radical (unpaired) electrons. The van der Waals surface area contributed by atoms with Gasteiger partial charge >= 0.3 is 0 Å². The Kier molecular flexibility index (Phi) is 6.11. The lowest BCUT2D eigenvalue weighted by Gasteiger charge is -2.10. The lowest BCUT2D eigenvalue weighted by molar-refractivity contribution is 0.0948. The summed E-state index contributed by atoms with van der Waals surface area (Å²) in [5, 5.41) is 3.80. The fourth-order valence-electron chi connectivity index (χ4n) is 3.00. The first kappa shape index (κ1) is 20.0.